The molecule has 0 saturated heterocycles. The first-order chi connectivity index (χ1) is 8.41. The third-order valence-electron chi connectivity index (χ3n) is 1.53. The van der Waals surface area contributed by atoms with Gasteiger partial charge in [-0.3, -0.25) is 9.59 Å². The maximum Gasteiger partial charge on any atom is 0.404 e. The number of carboxylic acids is 2. The predicted molar refractivity (Wildman–Crippen MR) is 60.7 cm³/mol. The van der Waals surface area contributed by atoms with E-state index in [-0.39, 0.29) is 6.61 Å². The third-order valence-corrected chi connectivity index (χ3v) is 1.53. The number of carbonyl (C=O) groups is 3. The summed E-state index contributed by atoms with van der Waals surface area (Å²) in [7, 11) is 0. The van der Waals surface area contributed by atoms with Crippen LogP contribution in [0.25, 0.3) is 0 Å². The van der Waals surface area contributed by atoms with Gasteiger partial charge in [0.05, 0.1) is 0 Å². The first kappa shape index (κ1) is 15.4. The van der Waals surface area contributed by atoms with E-state index in [2.05, 4.69) is 4.74 Å². The van der Waals surface area contributed by atoms with Crippen LogP contribution in [0.15, 0.2) is 30.3 Å². The molecule has 98 valence electrons. The average Bonchev–Trinajstić information content (AvgIpc) is 2.26. The van der Waals surface area contributed by atoms with E-state index in [0.717, 1.165) is 5.56 Å². The van der Waals surface area contributed by atoms with Gasteiger partial charge in [-0.2, -0.15) is 0 Å². The summed E-state index contributed by atoms with van der Waals surface area (Å²) in [6.45, 7) is 0.246. The van der Waals surface area contributed by atoms with E-state index < -0.39 is 24.5 Å². The lowest BCUT2D eigenvalue weighted by Gasteiger charge is -1.99. The Kier molecular flexibility index (Phi) is 7.34. The Morgan fingerprint density at radius 3 is 1.89 bits per heavy atom. The van der Waals surface area contributed by atoms with Crippen LogP contribution in [-0.4, -0.2) is 28.2 Å². The summed E-state index contributed by atoms with van der Waals surface area (Å²) in [5.41, 5.74) is 5.72. The van der Waals surface area contributed by atoms with E-state index in [9.17, 15) is 14.4 Å². The fourth-order valence-electron chi connectivity index (χ4n) is 0.858. The Morgan fingerprint density at radius 1 is 1.06 bits per heavy atom. The molecule has 1 aromatic rings. The molecule has 7 heteroatoms. The number of primary amides is 1. The van der Waals surface area contributed by atoms with Gasteiger partial charge in [0, 0.05) is 0 Å². The summed E-state index contributed by atoms with van der Waals surface area (Å²) in [6, 6.07) is 9.37. The van der Waals surface area contributed by atoms with Crippen LogP contribution in [-0.2, 0) is 20.9 Å². The van der Waals surface area contributed by atoms with Gasteiger partial charge < -0.3 is 20.7 Å². The summed E-state index contributed by atoms with van der Waals surface area (Å²) in [4.78, 5) is 29.0. The maximum absolute atomic E-state index is 10.2. The van der Waals surface area contributed by atoms with Crippen LogP contribution in [0.3, 0.4) is 0 Å². The molecule has 18 heavy (non-hydrogen) atoms. The normalized spacial score (nSPS) is 8.67. The van der Waals surface area contributed by atoms with Crippen molar-refractivity contribution in [2.45, 2.75) is 13.0 Å². The monoisotopic (exact) mass is 255 g/mol. The van der Waals surface area contributed by atoms with Crippen LogP contribution in [0.4, 0.5) is 4.79 Å². The summed E-state index contributed by atoms with van der Waals surface area (Å²) in [6.07, 6.45) is -1.55. The van der Waals surface area contributed by atoms with Gasteiger partial charge in [-0.15, -0.1) is 0 Å². The van der Waals surface area contributed by atoms with Gasteiger partial charge in [0.1, 0.15) is 13.0 Å². The number of carbonyl (C=O) groups excluding carboxylic acids is 1. The highest BCUT2D eigenvalue weighted by atomic mass is 16.5. The zero-order valence-corrected chi connectivity index (χ0v) is 9.41. The van der Waals surface area contributed by atoms with Gasteiger partial charge in [-0.05, 0) is 5.56 Å². The Morgan fingerprint density at radius 2 is 1.56 bits per heavy atom. The Labute approximate surface area is 103 Å². The molecule has 0 aliphatic heterocycles. The van der Waals surface area contributed by atoms with Crippen molar-refractivity contribution < 1.29 is 29.3 Å². The number of aliphatic carboxylic acids is 2. The van der Waals surface area contributed by atoms with E-state index in [1.54, 1.807) is 0 Å². The van der Waals surface area contributed by atoms with Crippen molar-refractivity contribution in [3.8, 4) is 0 Å². The van der Waals surface area contributed by atoms with Gasteiger partial charge in [-0.1, -0.05) is 30.3 Å². The highest BCUT2D eigenvalue weighted by molar-refractivity contribution is 5.88. The molecule has 0 atom stereocenters. The zero-order chi connectivity index (χ0) is 14.0. The summed E-state index contributed by atoms with van der Waals surface area (Å²) >= 11 is 0. The van der Waals surface area contributed by atoms with E-state index in [4.69, 9.17) is 15.9 Å². The topological polar surface area (TPSA) is 127 Å². The molecule has 7 nitrogen and oxygen atoms in total. The molecular formula is C11H13NO6. The number of rotatable bonds is 4. The number of carboxylic acid groups (broad SMARTS) is 2. The van der Waals surface area contributed by atoms with Crippen LogP contribution in [0.1, 0.15) is 12.0 Å². The molecule has 0 bridgehead atoms. The predicted octanol–water partition coefficient (Wildman–Crippen LogP) is 0.828. The number of benzene rings is 1. The van der Waals surface area contributed by atoms with Gasteiger partial charge >= 0.3 is 18.0 Å². The molecule has 0 aliphatic rings. The summed E-state index contributed by atoms with van der Waals surface area (Å²) in [5.74, 6) is -2.62. The Balaban J connectivity index is 0.000000360. The van der Waals surface area contributed by atoms with Crippen LogP contribution in [0, 0.1) is 0 Å². The first-order valence-electron chi connectivity index (χ1n) is 4.81. The van der Waals surface area contributed by atoms with Crippen LogP contribution in [0.2, 0.25) is 0 Å². The smallest absolute Gasteiger partial charge is 0.404 e. The van der Waals surface area contributed by atoms with Crippen molar-refractivity contribution in [2.75, 3.05) is 0 Å². The van der Waals surface area contributed by atoms with Gasteiger partial charge in [0.25, 0.3) is 0 Å². The highest BCUT2D eigenvalue weighted by Crippen LogP contribution is 1.99. The van der Waals surface area contributed by atoms with Gasteiger partial charge in [0.15, 0.2) is 0 Å². The SMILES string of the molecule is NC(=O)OCc1ccccc1.O=C(O)CC(=O)O. The van der Waals surface area contributed by atoms with Crippen LogP contribution in [0.5, 0.6) is 0 Å². The number of hydrogen-bond donors (Lipinski definition) is 3. The molecule has 0 heterocycles. The van der Waals surface area contributed by atoms with Crippen molar-refractivity contribution in [2.24, 2.45) is 5.73 Å². The molecule has 0 fully saturated rings. The van der Waals surface area contributed by atoms with Crippen LogP contribution >= 0.6 is 0 Å². The number of hydrogen-bond acceptors (Lipinski definition) is 4. The lowest BCUT2D eigenvalue weighted by atomic mass is 10.2. The second-order valence-electron chi connectivity index (χ2n) is 3.06. The standard InChI is InChI=1S/C8H9NO2.C3H4O4/c9-8(10)11-6-7-4-2-1-3-5-7;4-2(5)1-3(6)7/h1-5H,6H2,(H2,9,10);1H2,(H,4,5)(H,6,7). The van der Waals surface area contributed by atoms with Gasteiger partial charge in [-0.25, -0.2) is 4.79 Å². The number of ether oxygens (including phenoxy) is 1. The maximum atomic E-state index is 10.2. The number of nitrogens with two attached hydrogens (primary N) is 1. The lowest BCUT2D eigenvalue weighted by molar-refractivity contribution is -0.147. The Bertz CT molecular complexity index is 391. The van der Waals surface area contributed by atoms with E-state index in [1.165, 1.54) is 0 Å². The van der Waals surface area contributed by atoms with Crippen molar-refractivity contribution in [1.29, 1.82) is 0 Å². The van der Waals surface area contributed by atoms with E-state index in [1.807, 2.05) is 30.3 Å². The fraction of sp³-hybridized carbons (Fsp3) is 0.182. The molecule has 0 radical (unpaired) electrons. The number of amides is 1. The Hall–Kier alpha value is -2.57. The van der Waals surface area contributed by atoms with E-state index >= 15 is 0 Å². The first-order valence-corrected chi connectivity index (χ1v) is 4.81. The quantitative estimate of drug-likeness (QED) is 0.684. The summed E-state index contributed by atoms with van der Waals surface area (Å²) in [5, 5.41) is 15.4. The van der Waals surface area contributed by atoms with Crippen molar-refractivity contribution >= 4 is 18.0 Å². The fourth-order valence-corrected chi connectivity index (χ4v) is 0.858. The summed E-state index contributed by atoms with van der Waals surface area (Å²) < 4.78 is 4.57. The molecular weight excluding hydrogens is 242 g/mol. The molecule has 4 N–H and O–H groups in total. The highest BCUT2D eigenvalue weighted by Gasteiger charge is 2.01. The van der Waals surface area contributed by atoms with E-state index in [0.29, 0.717) is 0 Å². The molecule has 0 spiro atoms. The lowest BCUT2D eigenvalue weighted by Crippen LogP contribution is -2.12. The molecule has 1 rings (SSSR count). The molecule has 1 amide bonds. The van der Waals surface area contributed by atoms with Crippen molar-refractivity contribution in [1.82, 2.24) is 0 Å². The second-order valence-corrected chi connectivity index (χ2v) is 3.06. The van der Waals surface area contributed by atoms with Gasteiger partial charge in [0.2, 0.25) is 0 Å². The molecule has 0 unspecified atom stereocenters. The third kappa shape index (κ3) is 9.97. The minimum absolute atomic E-state index is 0.246. The molecule has 0 aromatic heterocycles. The molecule has 0 saturated carbocycles. The molecule has 0 aliphatic carbocycles. The van der Waals surface area contributed by atoms with Crippen molar-refractivity contribution in [3.05, 3.63) is 35.9 Å². The molecule has 1 aromatic carbocycles. The van der Waals surface area contributed by atoms with Crippen LogP contribution < -0.4 is 5.73 Å². The minimum atomic E-state index is -1.31. The average molecular weight is 255 g/mol. The minimum Gasteiger partial charge on any atom is -0.481 e. The van der Waals surface area contributed by atoms with Crippen molar-refractivity contribution in [3.63, 3.8) is 0 Å². The zero-order valence-electron chi connectivity index (χ0n) is 9.41. The second kappa shape index (κ2) is 8.57. The largest absolute Gasteiger partial charge is 0.481 e.